The molecule has 1 aliphatic rings. The number of carbonyl (C=O) groups excluding carboxylic acids is 1. The molecular formula is C26H23ClN2O3. The highest BCUT2D eigenvalue weighted by Crippen LogP contribution is 2.40. The van der Waals surface area contributed by atoms with Crippen molar-refractivity contribution in [2.75, 3.05) is 20.8 Å². The number of hydrogen-bond acceptors (Lipinski definition) is 3. The lowest BCUT2D eigenvalue weighted by Crippen LogP contribution is -2.40. The maximum atomic E-state index is 13.7. The summed E-state index contributed by atoms with van der Waals surface area (Å²) in [4.78, 5) is 19.2. The summed E-state index contributed by atoms with van der Waals surface area (Å²) in [5.41, 5.74) is 4.87. The third-order valence-corrected chi connectivity index (χ3v) is 6.33. The zero-order chi connectivity index (χ0) is 22.2. The highest BCUT2D eigenvalue weighted by atomic mass is 35.5. The zero-order valence-electron chi connectivity index (χ0n) is 17.9. The van der Waals surface area contributed by atoms with Crippen molar-refractivity contribution in [1.82, 2.24) is 9.88 Å². The number of methoxy groups -OCH3 is 2. The van der Waals surface area contributed by atoms with Gasteiger partial charge in [0.2, 0.25) is 0 Å². The first-order valence-electron chi connectivity index (χ1n) is 10.5. The number of rotatable bonds is 4. The van der Waals surface area contributed by atoms with E-state index in [-0.39, 0.29) is 11.9 Å². The predicted octanol–water partition coefficient (Wildman–Crippen LogP) is 5.63. The molecular weight excluding hydrogens is 424 g/mol. The maximum absolute atomic E-state index is 13.7. The second kappa shape index (κ2) is 8.24. The zero-order valence-corrected chi connectivity index (χ0v) is 18.6. The van der Waals surface area contributed by atoms with Crippen LogP contribution in [-0.2, 0) is 6.42 Å². The summed E-state index contributed by atoms with van der Waals surface area (Å²) in [6.07, 6.45) is 0.748. The summed E-state index contributed by atoms with van der Waals surface area (Å²) in [5, 5.41) is 1.81. The smallest absolute Gasteiger partial charge is 0.254 e. The molecule has 1 amide bonds. The molecule has 0 spiro atoms. The summed E-state index contributed by atoms with van der Waals surface area (Å²) in [6.45, 7) is 0.596. The Kier molecular flexibility index (Phi) is 5.27. The molecule has 0 aliphatic carbocycles. The van der Waals surface area contributed by atoms with Crippen LogP contribution in [0.15, 0.2) is 66.7 Å². The lowest BCUT2D eigenvalue weighted by Gasteiger charge is -2.36. The Morgan fingerprint density at radius 2 is 1.78 bits per heavy atom. The van der Waals surface area contributed by atoms with E-state index in [4.69, 9.17) is 21.1 Å². The van der Waals surface area contributed by atoms with Crippen LogP contribution in [-0.4, -0.2) is 36.6 Å². The van der Waals surface area contributed by atoms with E-state index in [0.29, 0.717) is 22.9 Å². The molecule has 1 aromatic heterocycles. The predicted molar refractivity (Wildman–Crippen MR) is 126 cm³/mol. The van der Waals surface area contributed by atoms with E-state index in [2.05, 4.69) is 4.98 Å². The summed E-state index contributed by atoms with van der Waals surface area (Å²) < 4.78 is 10.7. The highest BCUT2D eigenvalue weighted by molar-refractivity contribution is 6.31. The van der Waals surface area contributed by atoms with E-state index in [0.717, 1.165) is 34.3 Å². The highest BCUT2D eigenvalue weighted by Gasteiger charge is 2.35. The third-order valence-electron chi connectivity index (χ3n) is 6.10. The van der Waals surface area contributed by atoms with Crippen LogP contribution in [0.5, 0.6) is 11.5 Å². The van der Waals surface area contributed by atoms with Gasteiger partial charge in [0, 0.05) is 33.7 Å². The normalized spacial score (nSPS) is 15.5. The van der Waals surface area contributed by atoms with E-state index >= 15 is 0 Å². The SMILES string of the molecule is COc1ccc(C2c3[nH]c4ccc(Cl)cc4c3CCN2C(=O)c2cccc(OC)c2)cc1. The molecule has 0 saturated carbocycles. The molecule has 4 aromatic rings. The Bertz CT molecular complexity index is 1300. The van der Waals surface area contributed by atoms with Crippen LogP contribution in [0.1, 0.15) is 33.2 Å². The summed E-state index contributed by atoms with van der Waals surface area (Å²) in [5.74, 6) is 1.40. The fourth-order valence-electron chi connectivity index (χ4n) is 4.53. The second-order valence-electron chi connectivity index (χ2n) is 7.86. The van der Waals surface area contributed by atoms with Crippen LogP contribution >= 0.6 is 11.6 Å². The molecule has 0 radical (unpaired) electrons. The van der Waals surface area contributed by atoms with Gasteiger partial charge in [-0.25, -0.2) is 0 Å². The van der Waals surface area contributed by atoms with Gasteiger partial charge in [-0.3, -0.25) is 4.79 Å². The number of halogens is 1. The Hall–Kier alpha value is -3.44. The van der Waals surface area contributed by atoms with Crippen molar-refractivity contribution in [2.45, 2.75) is 12.5 Å². The van der Waals surface area contributed by atoms with Crippen molar-refractivity contribution in [2.24, 2.45) is 0 Å². The van der Waals surface area contributed by atoms with Gasteiger partial charge in [0.15, 0.2) is 0 Å². The number of carbonyl (C=O) groups is 1. The van der Waals surface area contributed by atoms with Crippen molar-refractivity contribution in [3.05, 3.63) is 94.1 Å². The first-order valence-corrected chi connectivity index (χ1v) is 10.9. The van der Waals surface area contributed by atoms with Crippen LogP contribution in [0, 0.1) is 0 Å². The molecule has 0 saturated heterocycles. The van der Waals surface area contributed by atoms with Crippen LogP contribution < -0.4 is 9.47 Å². The van der Waals surface area contributed by atoms with E-state index in [1.165, 1.54) is 5.56 Å². The Balaban J connectivity index is 1.64. The van der Waals surface area contributed by atoms with Crippen LogP contribution in [0.4, 0.5) is 0 Å². The minimum Gasteiger partial charge on any atom is -0.497 e. The first kappa shape index (κ1) is 20.5. The largest absolute Gasteiger partial charge is 0.497 e. The molecule has 5 rings (SSSR count). The quantitative estimate of drug-likeness (QED) is 0.442. The fourth-order valence-corrected chi connectivity index (χ4v) is 4.71. The van der Waals surface area contributed by atoms with Gasteiger partial charge >= 0.3 is 0 Å². The monoisotopic (exact) mass is 446 g/mol. The average molecular weight is 447 g/mol. The van der Waals surface area contributed by atoms with Gasteiger partial charge in [0.1, 0.15) is 11.5 Å². The number of nitrogens with zero attached hydrogens (tertiary/aromatic N) is 1. The Morgan fingerprint density at radius 1 is 1.00 bits per heavy atom. The lowest BCUT2D eigenvalue weighted by atomic mass is 9.91. The van der Waals surface area contributed by atoms with Crippen LogP contribution in [0.25, 0.3) is 10.9 Å². The summed E-state index contributed by atoms with van der Waals surface area (Å²) >= 11 is 6.29. The van der Waals surface area contributed by atoms with Crippen molar-refractivity contribution in [1.29, 1.82) is 0 Å². The number of ether oxygens (including phenoxy) is 2. The Morgan fingerprint density at radius 3 is 2.53 bits per heavy atom. The molecule has 3 aromatic carbocycles. The van der Waals surface area contributed by atoms with Crippen LogP contribution in [0.3, 0.4) is 0 Å². The molecule has 162 valence electrons. The van der Waals surface area contributed by atoms with Crippen molar-refractivity contribution in [3.63, 3.8) is 0 Å². The molecule has 1 unspecified atom stereocenters. The maximum Gasteiger partial charge on any atom is 0.254 e. The minimum absolute atomic E-state index is 0.0351. The lowest BCUT2D eigenvalue weighted by molar-refractivity contribution is 0.0691. The minimum atomic E-state index is -0.255. The average Bonchev–Trinajstić information content (AvgIpc) is 3.21. The number of aromatic nitrogens is 1. The van der Waals surface area contributed by atoms with Gasteiger partial charge in [-0.05, 0) is 66.1 Å². The standard InChI is InChI=1S/C26H23ClN2O3/c1-31-19-9-6-16(7-10-19)25-24-21(22-15-18(27)8-11-23(22)28-24)12-13-29(25)26(30)17-4-3-5-20(14-17)32-2/h3-11,14-15,25,28H,12-13H2,1-2H3. The number of hydrogen-bond donors (Lipinski definition) is 1. The van der Waals surface area contributed by atoms with E-state index in [1.54, 1.807) is 20.3 Å². The molecule has 5 nitrogen and oxygen atoms in total. The van der Waals surface area contributed by atoms with Crippen molar-refractivity contribution < 1.29 is 14.3 Å². The van der Waals surface area contributed by atoms with Gasteiger partial charge in [-0.1, -0.05) is 29.8 Å². The number of benzene rings is 3. The molecule has 32 heavy (non-hydrogen) atoms. The van der Waals surface area contributed by atoms with Gasteiger partial charge in [0.25, 0.3) is 5.91 Å². The number of fused-ring (bicyclic) bond motifs is 3. The fraction of sp³-hybridized carbons (Fsp3) is 0.192. The molecule has 6 heteroatoms. The topological polar surface area (TPSA) is 54.6 Å². The number of nitrogens with one attached hydrogen (secondary N) is 1. The Labute approximate surface area is 191 Å². The van der Waals surface area contributed by atoms with Gasteiger partial charge in [0.05, 0.1) is 20.3 Å². The van der Waals surface area contributed by atoms with Crippen molar-refractivity contribution in [3.8, 4) is 11.5 Å². The second-order valence-corrected chi connectivity index (χ2v) is 8.30. The number of aromatic amines is 1. The molecule has 1 aliphatic heterocycles. The first-order chi connectivity index (χ1) is 15.6. The van der Waals surface area contributed by atoms with Gasteiger partial charge in [-0.15, -0.1) is 0 Å². The third kappa shape index (κ3) is 3.49. The van der Waals surface area contributed by atoms with E-state index < -0.39 is 0 Å². The molecule has 2 heterocycles. The van der Waals surface area contributed by atoms with Gasteiger partial charge < -0.3 is 19.4 Å². The van der Waals surface area contributed by atoms with Gasteiger partial charge in [-0.2, -0.15) is 0 Å². The molecule has 0 fully saturated rings. The van der Waals surface area contributed by atoms with Crippen molar-refractivity contribution >= 4 is 28.4 Å². The molecule has 0 bridgehead atoms. The summed E-state index contributed by atoms with van der Waals surface area (Å²) in [6, 6.07) is 20.8. The van der Waals surface area contributed by atoms with E-state index in [9.17, 15) is 4.79 Å². The molecule has 1 atom stereocenters. The number of H-pyrrole nitrogens is 1. The molecule has 1 N–H and O–H groups in total. The van der Waals surface area contributed by atoms with Crippen LogP contribution in [0.2, 0.25) is 5.02 Å². The number of amides is 1. The van der Waals surface area contributed by atoms with E-state index in [1.807, 2.05) is 65.6 Å². The summed E-state index contributed by atoms with van der Waals surface area (Å²) in [7, 11) is 3.25.